The summed E-state index contributed by atoms with van der Waals surface area (Å²) in [5.74, 6) is 0.0528. The Kier molecular flexibility index (Phi) is 3.70. The lowest BCUT2D eigenvalue weighted by atomic mass is 9.97. The highest BCUT2D eigenvalue weighted by Crippen LogP contribution is 2.35. The molecule has 4 heteroatoms. The van der Waals surface area contributed by atoms with Gasteiger partial charge in [0.05, 0.1) is 12.1 Å². The van der Waals surface area contributed by atoms with E-state index < -0.39 is 0 Å². The van der Waals surface area contributed by atoms with Gasteiger partial charge in [-0.15, -0.1) is 0 Å². The highest BCUT2D eigenvalue weighted by atomic mass is 35.5. The van der Waals surface area contributed by atoms with Crippen molar-refractivity contribution < 1.29 is 4.79 Å². The highest BCUT2D eigenvalue weighted by Gasteiger charge is 2.31. The fourth-order valence-corrected chi connectivity index (χ4v) is 2.98. The van der Waals surface area contributed by atoms with Crippen LogP contribution in [0.2, 0.25) is 5.02 Å². The maximum absolute atomic E-state index is 12.4. The molecule has 1 N–H and O–H groups in total. The number of carbonyl (C=O) groups is 1. The number of likely N-dealkylation sites (N-methyl/N-ethyl adjacent to an activating group) is 1. The molecule has 1 aliphatic heterocycles. The van der Waals surface area contributed by atoms with Crippen LogP contribution in [-0.4, -0.2) is 19.0 Å². The first kappa shape index (κ1) is 14.1. The second kappa shape index (κ2) is 5.51. The molecule has 21 heavy (non-hydrogen) atoms. The standard InChI is InChI=1S/C17H17ClN2O/c1-11-17(21)20(2)15-9-8-13(18)10-14(15)16(19-11)12-6-4-3-5-7-12/h3-11,16,19H,1-2H3/t11-,16-/m1/s1. The Labute approximate surface area is 129 Å². The van der Waals surface area contributed by atoms with Gasteiger partial charge >= 0.3 is 0 Å². The summed E-state index contributed by atoms with van der Waals surface area (Å²) in [5, 5.41) is 4.08. The first-order chi connectivity index (χ1) is 10.1. The second-order valence-electron chi connectivity index (χ2n) is 5.33. The van der Waals surface area contributed by atoms with Crippen molar-refractivity contribution >= 4 is 23.2 Å². The first-order valence-electron chi connectivity index (χ1n) is 6.96. The molecule has 0 radical (unpaired) electrons. The van der Waals surface area contributed by atoms with Crippen molar-refractivity contribution in [3.63, 3.8) is 0 Å². The molecule has 2 atom stereocenters. The summed E-state index contributed by atoms with van der Waals surface area (Å²) >= 11 is 6.17. The van der Waals surface area contributed by atoms with Gasteiger partial charge in [0.1, 0.15) is 0 Å². The van der Waals surface area contributed by atoms with E-state index in [2.05, 4.69) is 17.4 Å². The number of hydrogen-bond acceptors (Lipinski definition) is 2. The summed E-state index contributed by atoms with van der Waals surface area (Å²) in [6.07, 6.45) is 0. The Morgan fingerprint density at radius 3 is 2.57 bits per heavy atom. The molecule has 2 aromatic carbocycles. The van der Waals surface area contributed by atoms with Crippen LogP contribution in [-0.2, 0) is 4.79 Å². The summed E-state index contributed by atoms with van der Waals surface area (Å²) in [6.45, 7) is 1.89. The lowest BCUT2D eigenvalue weighted by Gasteiger charge is -2.21. The average Bonchev–Trinajstić information content (AvgIpc) is 2.59. The topological polar surface area (TPSA) is 32.3 Å². The number of fused-ring (bicyclic) bond motifs is 1. The molecular formula is C17H17ClN2O. The van der Waals surface area contributed by atoms with E-state index in [4.69, 9.17) is 11.6 Å². The molecule has 3 rings (SSSR count). The molecule has 0 fully saturated rings. The van der Waals surface area contributed by atoms with Gasteiger partial charge in [-0.05, 0) is 36.2 Å². The van der Waals surface area contributed by atoms with Crippen molar-refractivity contribution in [2.75, 3.05) is 11.9 Å². The molecular weight excluding hydrogens is 284 g/mol. The van der Waals surface area contributed by atoms with Crippen LogP contribution in [0, 0.1) is 0 Å². The maximum Gasteiger partial charge on any atom is 0.243 e. The second-order valence-corrected chi connectivity index (χ2v) is 5.77. The summed E-state index contributed by atoms with van der Waals surface area (Å²) < 4.78 is 0. The van der Waals surface area contributed by atoms with Crippen LogP contribution >= 0.6 is 11.6 Å². The lowest BCUT2D eigenvalue weighted by molar-refractivity contribution is -0.119. The third-order valence-electron chi connectivity index (χ3n) is 3.91. The maximum atomic E-state index is 12.4. The molecule has 0 spiro atoms. The van der Waals surface area contributed by atoms with E-state index in [-0.39, 0.29) is 18.0 Å². The molecule has 2 aromatic rings. The Hall–Kier alpha value is -1.84. The van der Waals surface area contributed by atoms with Gasteiger partial charge in [0.25, 0.3) is 0 Å². The van der Waals surface area contributed by atoms with Gasteiger partial charge < -0.3 is 4.90 Å². The Morgan fingerprint density at radius 1 is 1.14 bits per heavy atom. The van der Waals surface area contributed by atoms with Crippen LogP contribution in [0.15, 0.2) is 48.5 Å². The molecule has 0 aliphatic carbocycles. The van der Waals surface area contributed by atoms with Gasteiger partial charge in [-0.2, -0.15) is 0 Å². The van der Waals surface area contributed by atoms with Crippen LogP contribution in [0.1, 0.15) is 24.1 Å². The normalized spacial score (nSPS) is 21.9. The van der Waals surface area contributed by atoms with Crippen molar-refractivity contribution in [1.82, 2.24) is 5.32 Å². The molecule has 0 saturated heterocycles. The van der Waals surface area contributed by atoms with Crippen LogP contribution in [0.3, 0.4) is 0 Å². The Balaban J connectivity index is 2.18. The molecule has 108 valence electrons. The number of hydrogen-bond donors (Lipinski definition) is 1. The van der Waals surface area contributed by atoms with Crippen molar-refractivity contribution in [3.05, 3.63) is 64.7 Å². The predicted octanol–water partition coefficient (Wildman–Crippen LogP) is 3.38. The molecule has 1 heterocycles. The monoisotopic (exact) mass is 300 g/mol. The number of halogens is 1. The zero-order valence-corrected chi connectivity index (χ0v) is 12.8. The Morgan fingerprint density at radius 2 is 1.86 bits per heavy atom. The van der Waals surface area contributed by atoms with E-state index >= 15 is 0 Å². The first-order valence-corrected chi connectivity index (χ1v) is 7.33. The third kappa shape index (κ3) is 2.55. The molecule has 1 aliphatic rings. The van der Waals surface area contributed by atoms with Crippen molar-refractivity contribution in [2.24, 2.45) is 0 Å². The molecule has 3 nitrogen and oxygen atoms in total. The van der Waals surface area contributed by atoms with Crippen molar-refractivity contribution in [2.45, 2.75) is 19.0 Å². The van der Waals surface area contributed by atoms with Crippen LogP contribution < -0.4 is 10.2 Å². The number of benzene rings is 2. The zero-order chi connectivity index (χ0) is 15.0. The van der Waals surface area contributed by atoms with Gasteiger partial charge in [-0.3, -0.25) is 10.1 Å². The number of amides is 1. The molecule has 1 amide bonds. The van der Waals surface area contributed by atoms with Gasteiger partial charge in [0.15, 0.2) is 0 Å². The van der Waals surface area contributed by atoms with E-state index in [1.807, 2.05) is 43.3 Å². The van der Waals surface area contributed by atoms with Gasteiger partial charge in [0, 0.05) is 17.8 Å². The largest absolute Gasteiger partial charge is 0.314 e. The van der Waals surface area contributed by atoms with Crippen molar-refractivity contribution in [1.29, 1.82) is 0 Å². The van der Waals surface area contributed by atoms with E-state index in [1.165, 1.54) is 0 Å². The van der Waals surface area contributed by atoms with E-state index in [1.54, 1.807) is 11.9 Å². The fraction of sp³-hybridized carbons (Fsp3) is 0.235. The average molecular weight is 301 g/mol. The van der Waals surface area contributed by atoms with E-state index in [9.17, 15) is 4.79 Å². The van der Waals surface area contributed by atoms with Gasteiger partial charge in [-0.1, -0.05) is 41.9 Å². The zero-order valence-electron chi connectivity index (χ0n) is 12.0. The Bertz CT molecular complexity index is 672. The van der Waals surface area contributed by atoms with E-state index in [0.29, 0.717) is 5.02 Å². The molecule has 0 saturated carbocycles. The summed E-state index contributed by atoms with van der Waals surface area (Å²) in [4.78, 5) is 14.1. The number of nitrogens with zero attached hydrogens (tertiary/aromatic N) is 1. The van der Waals surface area contributed by atoms with Crippen molar-refractivity contribution in [3.8, 4) is 0 Å². The van der Waals surface area contributed by atoms with Gasteiger partial charge in [-0.25, -0.2) is 0 Å². The van der Waals surface area contributed by atoms with Crippen LogP contribution in [0.5, 0.6) is 0 Å². The molecule has 0 unspecified atom stereocenters. The molecule has 0 bridgehead atoms. The quantitative estimate of drug-likeness (QED) is 0.875. The summed E-state index contributed by atoms with van der Waals surface area (Å²) in [5.41, 5.74) is 3.04. The van der Waals surface area contributed by atoms with E-state index in [0.717, 1.165) is 16.8 Å². The minimum absolute atomic E-state index is 0.0520. The summed E-state index contributed by atoms with van der Waals surface area (Å²) in [7, 11) is 1.81. The summed E-state index contributed by atoms with van der Waals surface area (Å²) in [6, 6.07) is 15.5. The number of rotatable bonds is 1. The number of nitrogens with one attached hydrogen (secondary N) is 1. The minimum atomic E-state index is -0.258. The fourth-order valence-electron chi connectivity index (χ4n) is 2.80. The van der Waals surface area contributed by atoms with Crippen LogP contribution in [0.25, 0.3) is 0 Å². The number of carbonyl (C=O) groups excluding carboxylic acids is 1. The third-order valence-corrected chi connectivity index (χ3v) is 4.15. The molecule has 0 aromatic heterocycles. The SMILES string of the molecule is C[C@H]1N[C@H](c2ccccc2)c2cc(Cl)ccc2N(C)C1=O. The highest BCUT2D eigenvalue weighted by molar-refractivity contribution is 6.30. The number of anilines is 1. The smallest absolute Gasteiger partial charge is 0.243 e. The van der Waals surface area contributed by atoms with Crippen LogP contribution in [0.4, 0.5) is 5.69 Å². The predicted molar refractivity (Wildman–Crippen MR) is 85.7 cm³/mol. The minimum Gasteiger partial charge on any atom is -0.314 e. The lowest BCUT2D eigenvalue weighted by Crippen LogP contribution is -2.41. The van der Waals surface area contributed by atoms with Gasteiger partial charge in [0.2, 0.25) is 5.91 Å².